The first-order chi connectivity index (χ1) is 12.3. The van der Waals surface area contributed by atoms with Gasteiger partial charge in [0.15, 0.2) is 0 Å². The lowest BCUT2D eigenvalue weighted by Crippen LogP contribution is -2.34. The molecule has 0 radical (unpaired) electrons. The fourth-order valence-electron chi connectivity index (χ4n) is 2.93. The number of carbonyl (C=O) groups is 1. The molecule has 3 aromatic rings. The maximum absolute atomic E-state index is 12.3. The van der Waals surface area contributed by atoms with Crippen LogP contribution in [0, 0.1) is 5.92 Å². The highest BCUT2D eigenvalue weighted by Gasteiger charge is 2.20. The van der Waals surface area contributed by atoms with E-state index in [2.05, 4.69) is 21.4 Å². The number of pyridine rings is 1. The van der Waals surface area contributed by atoms with Crippen molar-refractivity contribution in [2.24, 2.45) is 5.92 Å². The third kappa shape index (κ3) is 3.38. The zero-order chi connectivity index (χ0) is 17.1. The maximum atomic E-state index is 12.3. The number of nitrogens with one attached hydrogen (secondary N) is 1. The van der Waals surface area contributed by atoms with Crippen molar-refractivity contribution in [3.8, 4) is 11.6 Å². The van der Waals surface area contributed by atoms with Crippen LogP contribution in [0.25, 0.3) is 5.82 Å². The first kappa shape index (κ1) is 15.4. The van der Waals surface area contributed by atoms with Crippen LogP contribution in [0.15, 0.2) is 61.3 Å². The zero-order valence-corrected chi connectivity index (χ0v) is 13.6. The standard InChI is InChI=1S/C19H18N4O2/c24-19(16-5-6-18(21-11-16)23-8-7-20-13-23)22-10-14-9-15-3-1-2-4-17(15)25-12-14/h1-8,11,13-14H,9-10,12H2,(H,22,24)/t14-/m1/s1. The van der Waals surface area contributed by atoms with Gasteiger partial charge in [0, 0.05) is 31.1 Å². The largest absolute Gasteiger partial charge is 0.493 e. The van der Waals surface area contributed by atoms with Gasteiger partial charge in [-0.2, -0.15) is 0 Å². The number of nitrogens with zero attached hydrogens (tertiary/aromatic N) is 3. The quantitative estimate of drug-likeness (QED) is 0.794. The molecule has 0 fully saturated rings. The van der Waals surface area contributed by atoms with Crippen molar-refractivity contribution in [1.82, 2.24) is 19.9 Å². The van der Waals surface area contributed by atoms with E-state index in [4.69, 9.17) is 4.74 Å². The van der Waals surface area contributed by atoms with Gasteiger partial charge in [-0.25, -0.2) is 9.97 Å². The summed E-state index contributed by atoms with van der Waals surface area (Å²) >= 11 is 0. The number of amides is 1. The smallest absolute Gasteiger partial charge is 0.252 e. The Labute approximate surface area is 145 Å². The van der Waals surface area contributed by atoms with Crippen molar-refractivity contribution < 1.29 is 9.53 Å². The fourth-order valence-corrected chi connectivity index (χ4v) is 2.93. The molecule has 3 heterocycles. The SMILES string of the molecule is O=C(NC[C@@H]1COc2ccccc2C1)c1ccc(-n2ccnc2)nc1. The van der Waals surface area contributed by atoms with E-state index in [1.165, 1.54) is 5.56 Å². The molecule has 1 aliphatic rings. The number of para-hydroxylation sites is 1. The number of aromatic nitrogens is 3. The summed E-state index contributed by atoms with van der Waals surface area (Å²) in [4.78, 5) is 20.6. The van der Waals surface area contributed by atoms with Gasteiger partial charge in [-0.15, -0.1) is 0 Å². The number of benzene rings is 1. The Hall–Kier alpha value is -3.15. The van der Waals surface area contributed by atoms with E-state index >= 15 is 0 Å². The Morgan fingerprint density at radius 2 is 2.20 bits per heavy atom. The minimum absolute atomic E-state index is 0.122. The van der Waals surface area contributed by atoms with E-state index in [-0.39, 0.29) is 11.8 Å². The molecule has 1 aromatic carbocycles. The van der Waals surface area contributed by atoms with Crippen molar-refractivity contribution in [3.05, 3.63) is 72.4 Å². The van der Waals surface area contributed by atoms with E-state index in [0.29, 0.717) is 18.7 Å². The molecule has 1 aliphatic heterocycles. The van der Waals surface area contributed by atoms with Crippen molar-refractivity contribution in [2.75, 3.05) is 13.2 Å². The zero-order valence-electron chi connectivity index (χ0n) is 13.6. The summed E-state index contributed by atoms with van der Waals surface area (Å²) in [7, 11) is 0. The van der Waals surface area contributed by atoms with Gasteiger partial charge in [0.25, 0.3) is 5.91 Å². The second kappa shape index (κ2) is 6.76. The first-order valence-corrected chi connectivity index (χ1v) is 8.23. The van der Waals surface area contributed by atoms with Crippen LogP contribution < -0.4 is 10.1 Å². The predicted octanol–water partition coefficient (Wildman–Crippen LogP) is 2.25. The number of imidazole rings is 1. The Morgan fingerprint density at radius 3 is 3.00 bits per heavy atom. The van der Waals surface area contributed by atoms with Crippen LogP contribution >= 0.6 is 0 Å². The van der Waals surface area contributed by atoms with Gasteiger partial charge in [-0.05, 0) is 30.2 Å². The van der Waals surface area contributed by atoms with E-state index in [1.807, 2.05) is 24.4 Å². The van der Waals surface area contributed by atoms with E-state index in [9.17, 15) is 4.79 Å². The predicted molar refractivity (Wildman–Crippen MR) is 92.8 cm³/mol. The van der Waals surface area contributed by atoms with E-state index in [0.717, 1.165) is 18.0 Å². The van der Waals surface area contributed by atoms with Gasteiger partial charge in [0.1, 0.15) is 17.9 Å². The molecular formula is C19H18N4O2. The number of fused-ring (bicyclic) bond motifs is 1. The minimum atomic E-state index is -0.122. The molecule has 1 amide bonds. The van der Waals surface area contributed by atoms with Crippen molar-refractivity contribution in [3.63, 3.8) is 0 Å². The second-order valence-corrected chi connectivity index (χ2v) is 6.07. The number of ether oxygens (including phenoxy) is 1. The van der Waals surface area contributed by atoms with Crippen LogP contribution in [0.4, 0.5) is 0 Å². The van der Waals surface area contributed by atoms with Gasteiger partial charge in [0.2, 0.25) is 0 Å². The topological polar surface area (TPSA) is 69.0 Å². The average Bonchev–Trinajstić information content (AvgIpc) is 3.21. The van der Waals surface area contributed by atoms with Crippen molar-refractivity contribution >= 4 is 5.91 Å². The molecule has 0 saturated heterocycles. The molecule has 1 N–H and O–H groups in total. The molecule has 0 unspecified atom stereocenters. The molecule has 25 heavy (non-hydrogen) atoms. The third-order valence-electron chi connectivity index (χ3n) is 4.29. The molecule has 2 aromatic heterocycles. The molecule has 0 bridgehead atoms. The van der Waals surface area contributed by atoms with Crippen LogP contribution in [-0.2, 0) is 6.42 Å². The number of hydrogen-bond acceptors (Lipinski definition) is 4. The molecule has 4 rings (SSSR count). The lowest BCUT2D eigenvalue weighted by molar-refractivity contribution is 0.0938. The number of carbonyl (C=O) groups excluding carboxylic acids is 1. The van der Waals surface area contributed by atoms with Gasteiger partial charge in [0.05, 0.1) is 12.2 Å². The van der Waals surface area contributed by atoms with Gasteiger partial charge in [-0.3, -0.25) is 9.36 Å². The second-order valence-electron chi connectivity index (χ2n) is 6.07. The van der Waals surface area contributed by atoms with Crippen LogP contribution in [0.5, 0.6) is 5.75 Å². The lowest BCUT2D eigenvalue weighted by Gasteiger charge is -2.25. The van der Waals surface area contributed by atoms with Gasteiger partial charge < -0.3 is 10.1 Å². The van der Waals surface area contributed by atoms with Gasteiger partial charge in [-0.1, -0.05) is 18.2 Å². The third-order valence-corrected chi connectivity index (χ3v) is 4.29. The Kier molecular flexibility index (Phi) is 4.16. The van der Waals surface area contributed by atoms with Crippen LogP contribution in [0.1, 0.15) is 15.9 Å². The average molecular weight is 334 g/mol. The molecule has 0 saturated carbocycles. The first-order valence-electron chi connectivity index (χ1n) is 8.23. The van der Waals surface area contributed by atoms with E-state index in [1.54, 1.807) is 35.4 Å². The molecule has 0 spiro atoms. The number of hydrogen-bond donors (Lipinski definition) is 1. The van der Waals surface area contributed by atoms with Crippen LogP contribution in [-0.4, -0.2) is 33.6 Å². The highest BCUT2D eigenvalue weighted by molar-refractivity contribution is 5.93. The fraction of sp³-hybridized carbons (Fsp3) is 0.211. The summed E-state index contributed by atoms with van der Waals surface area (Å²) in [6.07, 6.45) is 7.66. The van der Waals surface area contributed by atoms with E-state index < -0.39 is 0 Å². The number of rotatable bonds is 4. The van der Waals surface area contributed by atoms with Crippen molar-refractivity contribution in [1.29, 1.82) is 0 Å². The van der Waals surface area contributed by atoms with Crippen molar-refractivity contribution in [2.45, 2.75) is 6.42 Å². The summed E-state index contributed by atoms with van der Waals surface area (Å²) in [5.41, 5.74) is 1.74. The Morgan fingerprint density at radius 1 is 1.28 bits per heavy atom. The summed E-state index contributed by atoms with van der Waals surface area (Å²) in [6.45, 7) is 1.20. The summed E-state index contributed by atoms with van der Waals surface area (Å²) in [6, 6.07) is 11.6. The van der Waals surface area contributed by atoms with Crippen LogP contribution in [0.2, 0.25) is 0 Å². The van der Waals surface area contributed by atoms with Gasteiger partial charge >= 0.3 is 0 Å². The Bertz CT molecular complexity index is 859. The minimum Gasteiger partial charge on any atom is -0.493 e. The monoisotopic (exact) mass is 334 g/mol. The highest BCUT2D eigenvalue weighted by atomic mass is 16.5. The molecule has 6 heteroatoms. The normalized spacial score (nSPS) is 15.9. The molecule has 0 aliphatic carbocycles. The molecule has 126 valence electrons. The maximum Gasteiger partial charge on any atom is 0.252 e. The molecule has 1 atom stereocenters. The summed E-state index contributed by atoms with van der Waals surface area (Å²) < 4.78 is 7.55. The summed E-state index contributed by atoms with van der Waals surface area (Å²) in [5.74, 6) is 1.83. The Balaban J connectivity index is 1.35. The van der Waals surface area contributed by atoms with Crippen LogP contribution in [0.3, 0.4) is 0 Å². The summed E-state index contributed by atoms with van der Waals surface area (Å²) in [5, 5.41) is 2.98. The molecular weight excluding hydrogens is 316 g/mol. The highest BCUT2D eigenvalue weighted by Crippen LogP contribution is 2.26. The molecule has 6 nitrogen and oxygen atoms in total. The lowest BCUT2D eigenvalue weighted by atomic mass is 9.97.